The molecule has 1 unspecified atom stereocenters. The van der Waals surface area contributed by atoms with E-state index in [0.717, 1.165) is 23.2 Å². The number of carbonyl (C=O) groups excluding carboxylic acids is 1. The largest absolute Gasteiger partial charge is 0.400 e. The average Bonchev–Trinajstić information content (AvgIpc) is 2.55. The van der Waals surface area contributed by atoms with E-state index in [2.05, 4.69) is 4.98 Å². The highest BCUT2D eigenvalue weighted by Gasteiger charge is 2.24. The van der Waals surface area contributed by atoms with Crippen LogP contribution in [0, 0.1) is 0 Å². The number of para-hydroxylation sites is 1. The van der Waals surface area contributed by atoms with Crippen LogP contribution in [-0.4, -0.2) is 17.3 Å². The van der Waals surface area contributed by atoms with Crippen molar-refractivity contribution < 1.29 is 4.79 Å². The molecule has 0 radical (unpaired) electrons. The Morgan fingerprint density at radius 1 is 1.10 bits per heavy atom. The van der Waals surface area contributed by atoms with Gasteiger partial charge in [-0.25, -0.2) is 0 Å². The smallest absolute Gasteiger partial charge is 0.148 e. The maximum atomic E-state index is 11.4. The summed E-state index contributed by atoms with van der Waals surface area (Å²) in [6.45, 7) is 0. The number of nitrogens with two attached hydrogens (primary N) is 1. The van der Waals surface area contributed by atoms with Gasteiger partial charge in [-0.1, -0.05) is 24.3 Å². The van der Waals surface area contributed by atoms with Crippen LogP contribution in [0.25, 0.3) is 5.57 Å². The zero-order valence-electron chi connectivity index (χ0n) is 11.4. The molecule has 4 nitrogen and oxygen atoms in total. The summed E-state index contributed by atoms with van der Waals surface area (Å²) >= 11 is 0. The lowest BCUT2D eigenvalue weighted by molar-refractivity contribution is -0.108. The predicted octanol–water partition coefficient (Wildman–Crippen LogP) is 2.35. The summed E-state index contributed by atoms with van der Waals surface area (Å²) in [5.74, 6) is 0. The highest BCUT2D eigenvalue weighted by Crippen LogP contribution is 2.27. The Balaban J connectivity index is 2.06. The molecule has 0 aliphatic carbocycles. The number of aldehydes is 1. The van der Waals surface area contributed by atoms with Crippen molar-refractivity contribution in [2.24, 2.45) is 5.73 Å². The second kappa shape index (κ2) is 5.63. The summed E-state index contributed by atoms with van der Waals surface area (Å²) in [6, 6.07) is 14.9. The van der Waals surface area contributed by atoms with E-state index < -0.39 is 6.04 Å². The monoisotopic (exact) mass is 277 g/mol. The molecule has 1 atom stereocenters. The Labute approximate surface area is 123 Å². The number of carbonyl (C=O) groups is 1. The van der Waals surface area contributed by atoms with Crippen molar-refractivity contribution in [2.75, 3.05) is 4.90 Å². The number of allylic oxidation sites excluding steroid dienone is 2. The van der Waals surface area contributed by atoms with Gasteiger partial charge < -0.3 is 15.4 Å². The van der Waals surface area contributed by atoms with Gasteiger partial charge in [-0.05, 0) is 30.3 Å². The van der Waals surface area contributed by atoms with E-state index in [9.17, 15) is 4.79 Å². The molecule has 2 aromatic rings. The highest BCUT2D eigenvalue weighted by atomic mass is 16.1. The minimum absolute atomic E-state index is 0.486. The Morgan fingerprint density at radius 2 is 1.86 bits per heavy atom. The maximum absolute atomic E-state index is 11.4. The molecular weight excluding hydrogens is 262 g/mol. The molecule has 3 rings (SSSR count). The quantitative estimate of drug-likeness (QED) is 0.875. The van der Waals surface area contributed by atoms with E-state index in [-0.39, 0.29) is 0 Å². The van der Waals surface area contributed by atoms with Crippen molar-refractivity contribution in [1.29, 1.82) is 0 Å². The summed E-state index contributed by atoms with van der Waals surface area (Å²) in [7, 11) is 0. The van der Waals surface area contributed by atoms with Crippen LogP contribution in [0.4, 0.5) is 5.69 Å². The second-order valence-corrected chi connectivity index (χ2v) is 4.77. The number of nitrogens with zero attached hydrogens (tertiary/aromatic N) is 2. The fourth-order valence-corrected chi connectivity index (χ4v) is 2.35. The molecule has 1 aromatic carbocycles. The van der Waals surface area contributed by atoms with E-state index >= 15 is 0 Å². The van der Waals surface area contributed by atoms with Crippen LogP contribution in [0.15, 0.2) is 72.7 Å². The molecule has 0 spiro atoms. The zero-order valence-corrected chi connectivity index (χ0v) is 11.4. The third-order valence-corrected chi connectivity index (χ3v) is 3.39. The van der Waals surface area contributed by atoms with Crippen molar-refractivity contribution in [3.8, 4) is 0 Å². The van der Waals surface area contributed by atoms with Crippen LogP contribution in [0.5, 0.6) is 0 Å². The lowest BCUT2D eigenvalue weighted by atomic mass is 10.0. The van der Waals surface area contributed by atoms with E-state index in [1.54, 1.807) is 12.3 Å². The molecule has 0 saturated heterocycles. The topological polar surface area (TPSA) is 59.2 Å². The van der Waals surface area contributed by atoms with Gasteiger partial charge in [-0.2, -0.15) is 0 Å². The van der Waals surface area contributed by atoms with Crippen LogP contribution in [0.1, 0.15) is 5.69 Å². The zero-order chi connectivity index (χ0) is 14.7. The summed E-state index contributed by atoms with van der Waals surface area (Å²) in [5.41, 5.74) is 9.20. The number of rotatable bonds is 3. The fourth-order valence-electron chi connectivity index (χ4n) is 2.35. The molecule has 1 aromatic heterocycles. The van der Waals surface area contributed by atoms with Gasteiger partial charge in [0.15, 0.2) is 0 Å². The first-order valence-electron chi connectivity index (χ1n) is 6.68. The molecule has 21 heavy (non-hydrogen) atoms. The number of anilines is 1. The number of pyridine rings is 1. The van der Waals surface area contributed by atoms with Gasteiger partial charge in [0.25, 0.3) is 0 Å². The van der Waals surface area contributed by atoms with Gasteiger partial charge in [0.05, 0.1) is 5.69 Å². The molecule has 1 aliphatic rings. The summed E-state index contributed by atoms with van der Waals surface area (Å²) in [5, 5.41) is 0. The lowest BCUT2D eigenvalue weighted by Gasteiger charge is -2.31. The van der Waals surface area contributed by atoms with Crippen LogP contribution in [-0.2, 0) is 4.79 Å². The van der Waals surface area contributed by atoms with Crippen molar-refractivity contribution in [2.45, 2.75) is 6.04 Å². The molecule has 4 heteroatoms. The van der Waals surface area contributed by atoms with Gasteiger partial charge in [0.1, 0.15) is 12.3 Å². The molecule has 0 amide bonds. The molecule has 104 valence electrons. The first-order chi connectivity index (χ1) is 10.3. The third kappa shape index (κ3) is 2.56. The lowest BCUT2D eigenvalue weighted by Crippen LogP contribution is -2.39. The number of benzene rings is 1. The normalized spacial score (nSPS) is 17.9. The Morgan fingerprint density at radius 3 is 2.52 bits per heavy atom. The summed E-state index contributed by atoms with van der Waals surface area (Å²) in [4.78, 5) is 17.6. The van der Waals surface area contributed by atoms with Crippen LogP contribution < -0.4 is 10.6 Å². The number of aromatic nitrogens is 1. The fraction of sp³-hybridized carbons (Fsp3) is 0.0588. The number of hydrogen-bond donors (Lipinski definition) is 1. The van der Waals surface area contributed by atoms with E-state index in [4.69, 9.17) is 5.73 Å². The van der Waals surface area contributed by atoms with Crippen molar-refractivity contribution in [3.05, 3.63) is 78.4 Å². The molecule has 2 N–H and O–H groups in total. The highest BCUT2D eigenvalue weighted by molar-refractivity contribution is 5.83. The third-order valence-electron chi connectivity index (χ3n) is 3.39. The SMILES string of the molecule is NC1=CC(c2ccccn2)=CN(c2ccccc2)C1C=O. The summed E-state index contributed by atoms with van der Waals surface area (Å²) in [6.07, 6.45) is 6.30. The molecule has 1 aliphatic heterocycles. The van der Waals surface area contributed by atoms with Crippen molar-refractivity contribution >= 4 is 17.5 Å². The minimum Gasteiger partial charge on any atom is -0.400 e. The standard InChI is InChI=1S/C17H15N3O/c18-15-10-13(16-8-4-5-9-19-16)11-20(17(15)12-21)14-6-2-1-3-7-14/h1-12,17H,18H2. The van der Waals surface area contributed by atoms with Crippen molar-refractivity contribution in [1.82, 2.24) is 4.98 Å². The van der Waals surface area contributed by atoms with Gasteiger partial charge >= 0.3 is 0 Å². The summed E-state index contributed by atoms with van der Waals surface area (Å²) < 4.78 is 0. The first kappa shape index (κ1) is 13.1. The number of hydrogen-bond acceptors (Lipinski definition) is 4. The molecule has 0 fully saturated rings. The Kier molecular flexibility index (Phi) is 3.51. The van der Waals surface area contributed by atoms with Crippen LogP contribution in [0.3, 0.4) is 0 Å². The minimum atomic E-state index is -0.486. The van der Waals surface area contributed by atoms with Gasteiger partial charge in [-0.15, -0.1) is 0 Å². The Bertz CT molecular complexity index is 692. The molecule has 2 heterocycles. The Hall–Kier alpha value is -2.88. The molecule has 0 bridgehead atoms. The van der Waals surface area contributed by atoms with Gasteiger partial charge in [0, 0.05) is 29.4 Å². The predicted molar refractivity (Wildman–Crippen MR) is 83.3 cm³/mol. The van der Waals surface area contributed by atoms with Crippen LogP contribution in [0.2, 0.25) is 0 Å². The van der Waals surface area contributed by atoms with Gasteiger partial charge in [0.2, 0.25) is 0 Å². The van der Waals surface area contributed by atoms with Crippen molar-refractivity contribution in [3.63, 3.8) is 0 Å². The maximum Gasteiger partial charge on any atom is 0.148 e. The average molecular weight is 277 g/mol. The molecule has 0 saturated carbocycles. The van der Waals surface area contributed by atoms with Gasteiger partial charge in [-0.3, -0.25) is 4.98 Å². The first-order valence-corrected chi connectivity index (χ1v) is 6.68. The second-order valence-electron chi connectivity index (χ2n) is 4.77. The van der Waals surface area contributed by atoms with E-state index in [1.165, 1.54) is 0 Å². The molecular formula is C17H15N3O. The van der Waals surface area contributed by atoms with E-state index in [0.29, 0.717) is 5.70 Å². The van der Waals surface area contributed by atoms with Crippen LogP contribution >= 0.6 is 0 Å². The van der Waals surface area contributed by atoms with E-state index in [1.807, 2.05) is 59.6 Å².